The van der Waals surface area contributed by atoms with Gasteiger partial charge in [-0.25, -0.2) is 9.37 Å². The van der Waals surface area contributed by atoms with Crippen molar-refractivity contribution in [2.45, 2.75) is 26.7 Å². The second-order valence-corrected chi connectivity index (χ2v) is 6.37. The summed E-state index contributed by atoms with van der Waals surface area (Å²) < 4.78 is 15.9. The van der Waals surface area contributed by atoms with Gasteiger partial charge in [-0.2, -0.15) is 0 Å². The molecule has 0 N–H and O–H groups in total. The lowest BCUT2D eigenvalue weighted by Crippen LogP contribution is -2.51. The minimum absolute atomic E-state index is 0.118. The van der Waals surface area contributed by atoms with E-state index >= 15 is 0 Å². The van der Waals surface area contributed by atoms with Crippen LogP contribution in [0, 0.1) is 11.7 Å². The van der Waals surface area contributed by atoms with E-state index in [1.807, 2.05) is 11.0 Å². The maximum absolute atomic E-state index is 14.1. The Morgan fingerprint density at radius 1 is 1.16 bits per heavy atom. The maximum atomic E-state index is 14.1. The van der Waals surface area contributed by atoms with Crippen LogP contribution in [-0.4, -0.2) is 46.5 Å². The van der Waals surface area contributed by atoms with Gasteiger partial charge in [-0.05, 0) is 25.0 Å². The van der Waals surface area contributed by atoms with Crippen molar-refractivity contribution < 1.29 is 9.18 Å². The van der Waals surface area contributed by atoms with Crippen molar-refractivity contribution in [3.8, 4) is 5.69 Å². The molecular weight excluding hydrogens is 319 g/mol. The summed E-state index contributed by atoms with van der Waals surface area (Å²) in [6, 6.07) is 6.69. The number of halogens is 1. The van der Waals surface area contributed by atoms with Gasteiger partial charge in [-0.3, -0.25) is 9.36 Å². The molecule has 1 amide bonds. The molecule has 3 rings (SSSR count). The molecule has 1 aromatic heterocycles. The van der Waals surface area contributed by atoms with Crippen molar-refractivity contribution in [2.24, 2.45) is 5.92 Å². The number of hydrogen-bond acceptors (Lipinski definition) is 3. The fraction of sp³-hybridized carbons (Fsp3) is 0.474. The minimum atomic E-state index is -0.274. The molecule has 0 bridgehead atoms. The summed E-state index contributed by atoms with van der Waals surface area (Å²) in [6.07, 6.45) is 5.22. The lowest BCUT2D eigenvalue weighted by molar-refractivity contribution is -0.136. The molecule has 0 radical (unpaired) electrons. The molecule has 2 heterocycles. The molecule has 1 aliphatic heterocycles. The first kappa shape index (κ1) is 17.5. The summed E-state index contributed by atoms with van der Waals surface area (Å²) >= 11 is 0. The predicted molar refractivity (Wildman–Crippen MR) is 96.4 cm³/mol. The normalized spacial score (nSPS) is 15.0. The summed E-state index contributed by atoms with van der Waals surface area (Å²) in [7, 11) is 0. The topological polar surface area (TPSA) is 41.4 Å². The largest absolute Gasteiger partial charge is 0.339 e. The van der Waals surface area contributed by atoms with Gasteiger partial charge in [0.05, 0.1) is 5.69 Å². The number of amides is 1. The standard InChI is InChI=1S/C19H25FN4O/c1-3-15(4-2)18(25)22-11-13-23(14-12-22)19-21-9-10-24(19)17-8-6-5-7-16(17)20/h5-10,15H,3-4,11-14H2,1-2H3. The van der Waals surface area contributed by atoms with Crippen LogP contribution in [0.25, 0.3) is 5.69 Å². The van der Waals surface area contributed by atoms with Crippen molar-refractivity contribution in [3.63, 3.8) is 0 Å². The monoisotopic (exact) mass is 344 g/mol. The number of benzene rings is 1. The van der Waals surface area contributed by atoms with E-state index < -0.39 is 0 Å². The number of hydrogen-bond donors (Lipinski definition) is 0. The molecule has 1 aromatic carbocycles. The van der Waals surface area contributed by atoms with E-state index in [4.69, 9.17) is 0 Å². The van der Waals surface area contributed by atoms with Crippen LogP contribution in [0.3, 0.4) is 0 Å². The highest BCUT2D eigenvalue weighted by Gasteiger charge is 2.27. The van der Waals surface area contributed by atoms with E-state index in [0.29, 0.717) is 31.9 Å². The molecule has 2 aromatic rings. The number of aromatic nitrogens is 2. The summed E-state index contributed by atoms with van der Waals surface area (Å²) in [6.45, 7) is 6.90. The molecule has 134 valence electrons. The van der Waals surface area contributed by atoms with Gasteiger partial charge in [0.15, 0.2) is 0 Å². The van der Waals surface area contributed by atoms with Gasteiger partial charge in [-0.1, -0.05) is 26.0 Å². The van der Waals surface area contributed by atoms with Crippen molar-refractivity contribution in [2.75, 3.05) is 31.1 Å². The van der Waals surface area contributed by atoms with Crippen LogP contribution in [0.4, 0.5) is 10.3 Å². The fourth-order valence-corrected chi connectivity index (χ4v) is 3.39. The van der Waals surface area contributed by atoms with Crippen LogP contribution in [0.5, 0.6) is 0 Å². The fourth-order valence-electron chi connectivity index (χ4n) is 3.39. The number of imidazole rings is 1. The lowest BCUT2D eigenvalue weighted by atomic mass is 10.0. The predicted octanol–water partition coefficient (Wildman–Crippen LogP) is 3.10. The molecular formula is C19H25FN4O. The average Bonchev–Trinajstić information content (AvgIpc) is 3.12. The maximum Gasteiger partial charge on any atom is 0.225 e. The van der Waals surface area contributed by atoms with Crippen molar-refractivity contribution in [1.29, 1.82) is 0 Å². The van der Waals surface area contributed by atoms with Gasteiger partial charge in [0.2, 0.25) is 11.9 Å². The lowest BCUT2D eigenvalue weighted by Gasteiger charge is -2.36. The smallest absolute Gasteiger partial charge is 0.225 e. The van der Waals surface area contributed by atoms with Gasteiger partial charge in [0.25, 0.3) is 0 Å². The second-order valence-electron chi connectivity index (χ2n) is 6.37. The Kier molecular flexibility index (Phi) is 5.36. The van der Waals surface area contributed by atoms with Gasteiger partial charge in [-0.15, -0.1) is 0 Å². The third kappa shape index (κ3) is 3.52. The number of piperazine rings is 1. The molecule has 25 heavy (non-hydrogen) atoms. The SMILES string of the molecule is CCC(CC)C(=O)N1CCN(c2nccn2-c2ccccc2F)CC1. The third-order valence-corrected chi connectivity index (χ3v) is 4.94. The number of rotatable bonds is 5. The first-order valence-electron chi connectivity index (χ1n) is 8.97. The van der Waals surface area contributed by atoms with Crippen LogP contribution in [0.2, 0.25) is 0 Å². The molecule has 0 unspecified atom stereocenters. The molecule has 1 aliphatic rings. The number of carbonyl (C=O) groups is 1. The molecule has 0 saturated carbocycles. The summed E-state index contributed by atoms with van der Waals surface area (Å²) in [5.74, 6) is 0.818. The summed E-state index contributed by atoms with van der Waals surface area (Å²) in [5, 5.41) is 0. The summed E-state index contributed by atoms with van der Waals surface area (Å²) in [5.41, 5.74) is 0.491. The van der Waals surface area contributed by atoms with Crippen LogP contribution in [0.1, 0.15) is 26.7 Å². The van der Waals surface area contributed by atoms with Crippen LogP contribution < -0.4 is 4.90 Å². The van der Waals surface area contributed by atoms with Gasteiger partial charge in [0, 0.05) is 44.5 Å². The van der Waals surface area contributed by atoms with Crippen LogP contribution in [-0.2, 0) is 4.79 Å². The molecule has 0 spiro atoms. The van der Waals surface area contributed by atoms with E-state index in [9.17, 15) is 9.18 Å². The molecule has 1 saturated heterocycles. The van der Waals surface area contributed by atoms with Gasteiger partial charge >= 0.3 is 0 Å². The van der Waals surface area contributed by atoms with Gasteiger partial charge < -0.3 is 9.80 Å². The number of anilines is 1. The Labute approximate surface area is 148 Å². The highest BCUT2D eigenvalue weighted by Crippen LogP contribution is 2.22. The Balaban J connectivity index is 1.72. The van der Waals surface area contributed by atoms with E-state index in [2.05, 4.69) is 23.7 Å². The van der Waals surface area contributed by atoms with Crippen molar-refractivity contribution in [1.82, 2.24) is 14.5 Å². The highest BCUT2D eigenvalue weighted by molar-refractivity contribution is 5.79. The minimum Gasteiger partial charge on any atom is -0.339 e. The van der Waals surface area contributed by atoms with E-state index in [-0.39, 0.29) is 17.6 Å². The number of carbonyl (C=O) groups excluding carboxylic acids is 1. The average molecular weight is 344 g/mol. The first-order valence-corrected chi connectivity index (χ1v) is 8.97. The van der Waals surface area contributed by atoms with E-state index in [1.54, 1.807) is 29.1 Å². The molecule has 0 aliphatic carbocycles. The van der Waals surface area contributed by atoms with E-state index in [0.717, 1.165) is 18.8 Å². The van der Waals surface area contributed by atoms with Crippen LogP contribution in [0.15, 0.2) is 36.7 Å². The second kappa shape index (κ2) is 7.68. The molecule has 6 heteroatoms. The molecule has 5 nitrogen and oxygen atoms in total. The zero-order valence-corrected chi connectivity index (χ0v) is 14.9. The number of para-hydroxylation sites is 1. The number of nitrogens with zero attached hydrogens (tertiary/aromatic N) is 4. The zero-order valence-electron chi connectivity index (χ0n) is 14.9. The van der Waals surface area contributed by atoms with E-state index in [1.165, 1.54) is 6.07 Å². The Morgan fingerprint density at radius 2 is 1.84 bits per heavy atom. The van der Waals surface area contributed by atoms with Crippen LogP contribution >= 0.6 is 0 Å². The first-order chi connectivity index (χ1) is 12.2. The molecule has 0 atom stereocenters. The third-order valence-electron chi connectivity index (χ3n) is 4.94. The van der Waals surface area contributed by atoms with Gasteiger partial charge in [0.1, 0.15) is 5.82 Å². The highest BCUT2D eigenvalue weighted by atomic mass is 19.1. The summed E-state index contributed by atoms with van der Waals surface area (Å²) in [4.78, 5) is 21.0. The van der Waals surface area contributed by atoms with Crippen molar-refractivity contribution >= 4 is 11.9 Å². The molecule has 1 fully saturated rings. The van der Waals surface area contributed by atoms with Crippen molar-refractivity contribution in [3.05, 3.63) is 42.5 Å². The Bertz CT molecular complexity index is 718. The Morgan fingerprint density at radius 3 is 2.48 bits per heavy atom. The zero-order chi connectivity index (χ0) is 17.8. The quantitative estimate of drug-likeness (QED) is 0.837. The Hall–Kier alpha value is -2.37.